The van der Waals surface area contributed by atoms with Crippen molar-refractivity contribution in [2.24, 2.45) is 0 Å². The molecule has 1 aliphatic heterocycles. The summed E-state index contributed by atoms with van der Waals surface area (Å²) in [4.78, 5) is 2.38. The predicted octanol–water partition coefficient (Wildman–Crippen LogP) is 2.99. The van der Waals surface area contributed by atoms with Crippen molar-refractivity contribution in [1.82, 2.24) is 4.90 Å². The minimum absolute atomic E-state index is 0.235. The summed E-state index contributed by atoms with van der Waals surface area (Å²) in [5.74, 6) is 0.830. The van der Waals surface area contributed by atoms with Gasteiger partial charge in [0.2, 0.25) is 0 Å². The molecule has 0 aliphatic carbocycles. The predicted molar refractivity (Wildman–Crippen MR) is 77.5 cm³/mol. The van der Waals surface area contributed by atoms with Crippen molar-refractivity contribution in [2.45, 2.75) is 45.3 Å². The van der Waals surface area contributed by atoms with Gasteiger partial charge in [-0.1, -0.05) is 12.1 Å². The van der Waals surface area contributed by atoms with Crippen molar-refractivity contribution in [3.63, 3.8) is 0 Å². The largest absolute Gasteiger partial charge is 0.494 e. The number of rotatable bonds is 5. The molecule has 0 saturated carbocycles. The van der Waals surface area contributed by atoms with Gasteiger partial charge in [-0.2, -0.15) is 0 Å². The summed E-state index contributed by atoms with van der Waals surface area (Å²) in [5, 5.41) is 10.7. The molecule has 1 heterocycles. The van der Waals surface area contributed by atoms with Gasteiger partial charge in [0.05, 0.1) is 12.7 Å². The zero-order valence-electron chi connectivity index (χ0n) is 12.2. The Labute approximate surface area is 116 Å². The molecule has 106 valence electrons. The Morgan fingerprint density at radius 1 is 1.32 bits per heavy atom. The van der Waals surface area contributed by atoms with Crippen LogP contribution in [0.4, 0.5) is 0 Å². The number of aliphatic hydroxyl groups is 1. The van der Waals surface area contributed by atoms with E-state index in [2.05, 4.69) is 18.7 Å². The van der Waals surface area contributed by atoms with E-state index >= 15 is 0 Å². The first-order chi connectivity index (χ1) is 9.05. The Morgan fingerprint density at radius 2 is 2.00 bits per heavy atom. The number of hydrogen-bond donors (Lipinski definition) is 1. The highest BCUT2D eigenvalue weighted by Gasteiger charge is 2.36. The molecule has 0 spiro atoms. The summed E-state index contributed by atoms with van der Waals surface area (Å²) in [6.45, 7) is 9.02. The Hall–Kier alpha value is -1.06. The average molecular weight is 263 g/mol. The molecular weight excluding hydrogens is 238 g/mol. The van der Waals surface area contributed by atoms with Crippen molar-refractivity contribution in [1.29, 1.82) is 0 Å². The summed E-state index contributed by atoms with van der Waals surface area (Å²) in [6.07, 6.45) is 1.97. The van der Waals surface area contributed by atoms with Crippen LogP contribution in [0.1, 0.15) is 45.3 Å². The molecule has 19 heavy (non-hydrogen) atoms. The van der Waals surface area contributed by atoms with Crippen LogP contribution in [0.25, 0.3) is 0 Å². The number of nitrogens with zero attached hydrogens (tertiary/aromatic N) is 1. The van der Waals surface area contributed by atoms with Crippen LogP contribution in [0.5, 0.6) is 5.75 Å². The topological polar surface area (TPSA) is 32.7 Å². The summed E-state index contributed by atoms with van der Waals surface area (Å²) in [6, 6.07) is 7.81. The molecule has 3 nitrogen and oxygen atoms in total. The lowest BCUT2D eigenvalue weighted by molar-refractivity contribution is 0.00121. The summed E-state index contributed by atoms with van der Waals surface area (Å²) < 4.78 is 5.51. The highest BCUT2D eigenvalue weighted by molar-refractivity contribution is 5.31. The zero-order chi connectivity index (χ0) is 13.9. The van der Waals surface area contributed by atoms with Gasteiger partial charge in [-0.05, 0) is 64.4 Å². The third kappa shape index (κ3) is 3.10. The van der Waals surface area contributed by atoms with E-state index < -0.39 is 6.10 Å². The minimum Gasteiger partial charge on any atom is -0.494 e. The molecule has 0 aromatic heterocycles. The van der Waals surface area contributed by atoms with E-state index in [1.807, 2.05) is 31.2 Å². The maximum atomic E-state index is 10.7. The molecule has 0 amide bonds. The molecule has 1 aromatic rings. The van der Waals surface area contributed by atoms with Gasteiger partial charge in [0.25, 0.3) is 0 Å². The first kappa shape index (κ1) is 14.4. The van der Waals surface area contributed by atoms with Gasteiger partial charge in [0.1, 0.15) is 5.75 Å². The van der Waals surface area contributed by atoms with E-state index in [1.54, 1.807) is 0 Å². The van der Waals surface area contributed by atoms with Crippen LogP contribution in [0.15, 0.2) is 24.3 Å². The Kier molecular flexibility index (Phi) is 4.48. The molecule has 3 heteroatoms. The SMILES string of the molecule is CCOc1cccc(C(O)C(C)(C)N2CCCC2)c1. The standard InChI is InChI=1S/C16H25NO2/c1-4-19-14-9-7-8-13(12-14)15(18)16(2,3)17-10-5-6-11-17/h7-9,12,15,18H,4-6,10-11H2,1-3H3. The molecule has 1 saturated heterocycles. The molecule has 1 aliphatic rings. The van der Waals surface area contributed by atoms with Crippen molar-refractivity contribution in [3.05, 3.63) is 29.8 Å². The van der Waals surface area contributed by atoms with Gasteiger partial charge in [0, 0.05) is 5.54 Å². The normalized spacial score (nSPS) is 18.5. The van der Waals surface area contributed by atoms with Crippen LogP contribution in [0, 0.1) is 0 Å². The van der Waals surface area contributed by atoms with E-state index in [0.717, 1.165) is 24.4 Å². The maximum absolute atomic E-state index is 10.7. The lowest BCUT2D eigenvalue weighted by Gasteiger charge is -2.39. The molecule has 1 aromatic carbocycles. The first-order valence-corrected chi connectivity index (χ1v) is 7.21. The monoisotopic (exact) mass is 263 g/mol. The molecular formula is C16H25NO2. The highest BCUT2D eigenvalue weighted by atomic mass is 16.5. The van der Waals surface area contributed by atoms with Gasteiger partial charge >= 0.3 is 0 Å². The molecule has 1 fully saturated rings. The van der Waals surface area contributed by atoms with Crippen LogP contribution >= 0.6 is 0 Å². The van der Waals surface area contributed by atoms with E-state index in [0.29, 0.717) is 6.61 Å². The molecule has 2 rings (SSSR count). The van der Waals surface area contributed by atoms with Crippen LogP contribution < -0.4 is 4.74 Å². The fourth-order valence-electron chi connectivity index (χ4n) is 2.82. The smallest absolute Gasteiger partial charge is 0.119 e. The van der Waals surface area contributed by atoms with Gasteiger partial charge in [-0.15, -0.1) is 0 Å². The third-order valence-corrected chi connectivity index (χ3v) is 4.08. The second-order valence-corrected chi connectivity index (χ2v) is 5.76. The molecule has 0 radical (unpaired) electrons. The fourth-order valence-corrected chi connectivity index (χ4v) is 2.82. The third-order valence-electron chi connectivity index (χ3n) is 4.08. The number of benzene rings is 1. The average Bonchev–Trinajstić information content (AvgIpc) is 2.93. The first-order valence-electron chi connectivity index (χ1n) is 7.21. The van der Waals surface area contributed by atoms with E-state index in [9.17, 15) is 5.11 Å². The van der Waals surface area contributed by atoms with Crippen molar-refractivity contribution in [2.75, 3.05) is 19.7 Å². The van der Waals surface area contributed by atoms with Gasteiger partial charge in [-0.25, -0.2) is 0 Å². The fraction of sp³-hybridized carbons (Fsp3) is 0.625. The number of hydrogen-bond acceptors (Lipinski definition) is 3. The van der Waals surface area contributed by atoms with Gasteiger partial charge < -0.3 is 9.84 Å². The Bertz CT molecular complexity index is 411. The lowest BCUT2D eigenvalue weighted by Crippen LogP contribution is -2.46. The van der Waals surface area contributed by atoms with Crippen LogP contribution in [0.3, 0.4) is 0 Å². The van der Waals surface area contributed by atoms with E-state index in [1.165, 1.54) is 12.8 Å². The van der Waals surface area contributed by atoms with Crippen molar-refractivity contribution in [3.8, 4) is 5.75 Å². The van der Waals surface area contributed by atoms with E-state index in [-0.39, 0.29) is 5.54 Å². The molecule has 1 atom stereocenters. The minimum atomic E-state index is -0.494. The quantitative estimate of drug-likeness (QED) is 0.886. The second kappa shape index (κ2) is 5.93. The van der Waals surface area contributed by atoms with Gasteiger partial charge in [0.15, 0.2) is 0 Å². The van der Waals surface area contributed by atoms with Crippen LogP contribution in [-0.2, 0) is 0 Å². The Balaban J connectivity index is 2.17. The number of aliphatic hydroxyl groups excluding tert-OH is 1. The molecule has 1 N–H and O–H groups in total. The zero-order valence-corrected chi connectivity index (χ0v) is 12.2. The lowest BCUT2D eigenvalue weighted by atomic mass is 9.89. The van der Waals surface area contributed by atoms with E-state index in [4.69, 9.17) is 4.74 Å². The highest BCUT2D eigenvalue weighted by Crippen LogP contribution is 2.34. The molecule has 0 bridgehead atoms. The molecule has 1 unspecified atom stereocenters. The maximum Gasteiger partial charge on any atom is 0.119 e. The Morgan fingerprint density at radius 3 is 2.63 bits per heavy atom. The van der Waals surface area contributed by atoms with Crippen LogP contribution in [0.2, 0.25) is 0 Å². The van der Waals surface area contributed by atoms with Crippen LogP contribution in [-0.4, -0.2) is 35.2 Å². The second-order valence-electron chi connectivity index (χ2n) is 5.76. The van der Waals surface area contributed by atoms with Crippen molar-refractivity contribution < 1.29 is 9.84 Å². The number of ether oxygens (including phenoxy) is 1. The van der Waals surface area contributed by atoms with Gasteiger partial charge in [-0.3, -0.25) is 4.90 Å². The number of likely N-dealkylation sites (tertiary alicyclic amines) is 1. The van der Waals surface area contributed by atoms with Crippen molar-refractivity contribution >= 4 is 0 Å². The summed E-state index contributed by atoms with van der Waals surface area (Å²) >= 11 is 0. The summed E-state index contributed by atoms with van der Waals surface area (Å²) in [7, 11) is 0. The summed E-state index contributed by atoms with van der Waals surface area (Å²) in [5.41, 5.74) is 0.698.